The average Bonchev–Trinajstić information content (AvgIpc) is 2.72. The van der Waals surface area contributed by atoms with Gasteiger partial charge in [-0.2, -0.15) is 5.10 Å². The topological polar surface area (TPSA) is 29.9 Å². The van der Waals surface area contributed by atoms with E-state index in [2.05, 4.69) is 42.5 Å². The lowest BCUT2D eigenvalue weighted by atomic mass is 10.1. The van der Waals surface area contributed by atoms with Crippen LogP contribution in [-0.2, 0) is 20.0 Å². The Morgan fingerprint density at radius 1 is 1.29 bits per heavy atom. The highest BCUT2D eigenvalue weighted by Gasteiger charge is 2.00. The van der Waals surface area contributed by atoms with Crippen molar-refractivity contribution in [3.05, 3.63) is 47.3 Å². The Hall–Kier alpha value is -1.77. The third-order valence-electron chi connectivity index (χ3n) is 3.12. The number of benzene rings is 1. The van der Waals surface area contributed by atoms with E-state index < -0.39 is 0 Å². The van der Waals surface area contributed by atoms with Crippen LogP contribution in [0.1, 0.15) is 23.7 Å². The van der Waals surface area contributed by atoms with E-state index in [9.17, 15) is 0 Å². The van der Waals surface area contributed by atoms with E-state index in [-0.39, 0.29) is 0 Å². The summed E-state index contributed by atoms with van der Waals surface area (Å²) in [5, 5.41) is 7.57. The van der Waals surface area contributed by atoms with Gasteiger partial charge >= 0.3 is 0 Å². The van der Waals surface area contributed by atoms with Gasteiger partial charge in [-0.25, -0.2) is 0 Å². The summed E-state index contributed by atoms with van der Waals surface area (Å²) < 4.78 is 1.89. The van der Waals surface area contributed by atoms with E-state index in [0.717, 1.165) is 13.0 Å². The first-order chi connectivity index (χ1) is 8.20. The van der Waals surface area contributed by atoms with Crippen molar-refractivity contribution in [3.63, 3.8) is 0 Å². The van der Waals surface area contributed by atoms with Crippen LogP contribution >= 0.6 is 0 Å². The van der Waals surface area contributed by atoms with Crippen LogP contribution in [0.15, 0.2) is 30.5 Å². The van der Waals surface area contributed by atoms with Crippen LogP contribution in [0, 0.1) is 6.92 Å². The lowest BCUT2D eigenvalue weighted by molar-refractivity contribution is 0.720. The summed E-state index contributed by atoms with van der Waals surface area (Å²) in [4.78, 5) is 0. The summed E-state index contributed by atoms with van der Waals surface area (Å²) >= 11 is 0. The molecule has 0 aliphatic rings. The second-order valence-electron chi connectivity index (χ2n) is 4.29. The third-order valence-corrected chi connectivity index (χ3v) is 3.12. The lowest BCUT2D eigenvalue weighted by Gasteiger charge is -2.09. The maximum atomic E-state index is 4.15. The van der Waals surface area contributed by atoms with Gasteiger partial charge in [0.2, 0.25) is 0 Å². The molecule has 0 radical (unpaired) electrons. The molecule has 90 valence electrons. The van der Waals surface area contributed by atoms with Crippen LogP contribution in [0.3, 0.4) is 0 Å². The van der Waals surface area contributed by atoms with Crippen LogP contribution in [0.25, 0.3) is 0 Å². The number of hydrogen-bond donors (Lipinski definition) is 1. The Kier molecular flexibility index (Phi) is 3.47. The third kappa shape index (κ3) is 2.67. The maximum Gasteiger partial charge on any atom is 0.0571 e. The Labute approximate surface area is 102 Å². The molecular weight excluding hydrogens is 210 g/mol. The molecule has 0 aliphatic heterocycles. The highest BCUT2D eigenvalue weighted by Crippen LogP contribution is 2.16. The molecule has 0 atom stereocenters. The van der Waals surface area contributed by atoms with Gasteiger partial charge in [-0.1, -0.05) is 13.0 Å². The Morgan fingerprint density at radius 3 is 2.71 bits per heavy atom. The molecule has 17 heavy (non-hydrogen) atoms. The number of hydrogen-bond acceptors (Lipinski definition) is 2. The molecule has 0 amide bonds. The fraction of sp³-hybridized carbons (Fsp3) is 0.357. The van der Waals surface area contributed by atoms with Gasteiger partial charge in [0.05, 0.1) is 12.2 Å². The quantitative estimate of drug-likeness (QED) is 0.873. The van der Waals surface area contributed by atoms with Crippen molar-refractivity contribution in [2.24, 2.45) is 7.05 Å². The number of aromatic nitrogens is 2. The van der Waals surface area contributed by atoms with Gasteiger partial charge in [0, 0.05) is 18.9 Å². The minimum absolute atomic E-state index is 0.807. The van der Waals surface area contributed by atoms with Crippen molar-refractivity contribution in [2.75, 3.05) is 5.32 Å². The van der Waals surface area contributed by atoms with Crippen LogP contribution < -0.4 is 5.32 Å². The molecule has 0 spiro atoms. The van der Waals surface area contributed by atoms with Gasteiger partial charge in [0.1, 0.15) is 0 Å². The second-order valence-corrected chi connectivity index (χ2v) is 4.29. The number of anilines is 1. The summed E-state index contributed by atoms with van der Waals surface area (Å²) in [6, 6.07) is 8.57. The first-order valence-corrected chi connectivity index (χ1v) is 6.01. The lowest BCUT2D eigenvalue weighted by Crippen LogP contribution is -2.05. The smallest absolute Gasteiger partial charge is 0.0571 e. The van der Waals surface area contributed by atoms with Gasteiger partial charge in [-0.05, 0) is 42.7 Å². The molecule has 0 fully saturated rings. The standard InChI is InChI=1S/C14H19N3/c1-4-12-5-6-13(9-11(12)2)15-10-14-7-8-16-17(14)3/h5-9,15H,4,10H2,1-3H3. The van der Waals surface area contributed by atoms with Crippen molar-refractivity contribution >= 4 is 5.69 Å². The molecule has 1 aromatic heterocycles. The number of nitrogens with zero attached hydrogens (tertiary/aromatic N) is 2. The average molecular weight is 229 g/mol. The van der Waals surface area contributed by atoms with Crippen molar-refractivity contribution in [3.8, 4) is 0 Å². The normalized spacial score (nSPS) is 10.5. The molecule has 0 aliphatic carbocycles. The predicted octanol–water partition coefficient (Wildman–Crippen LogP) is 2.90. The van der Waals surface area contributed by atoms with E-state index >= 15 is 0 Å². The first-order valence-electron chi connectivity index (χ1n) is 6.01. The van der Waals surface area contributed by atoms with Crippen molar-refractivity contribution in [1.29, 1.82) is 0 Å². The zero-order valence-electron chi connectivity index (χ0n) is 10.7. The van der Waals surface area contributed by atoms with Crippen molar-refractivity contribution in [1.82, 2.24) is 9.78 Å². The van der Waals surface area contributed by atoms with E-state index in [0.29, 0.717) is 0 Å². The molecule has 1 aromatic carbocycles. The van der Waals surface area contributed by atoms with E-state index in [1.807, 2.05) is 24.0 Å². The van der Waals surface area contributed by atoms with E-state index in [1.165, 1.54) is 22.5 Å². The van der Waals surface area contributed by atoms with Crippen molar-refractivity contribution in [2.45, 2.75) is 26.8 Å². The van der Waals surface area contributed by atoms with Crippen molar-refractivity contribution < 1.29 is 0 Å². The van der Waals surface area contributed by atoms with E-state index in [4.69, 9.17) is 0 Å². The fourth-order valence-corrected chi connectivity index (χ4v) is 1.97. The van der Waals surface area contributed by atoms with Crippen LogP contribution in [0.2, 0.25) is 0 Å². The molecule has 2 rings (SSSR count). The number of nitrogens with one attached hydrogen (secondary N) is 1. The molecule has 0 bridgehead atoms. The Balaban J connectivity index is 2.05. The van der Waals surface area contributed by atoms with Crippen LogP contribution in [-0.4, -0.2) is 9.78 Å². The molecule has 1 N–H and O–H groups in total. The molecule has 0 saturated carbocycles. The van der Waals surface area contributed by atoms with Gasteiger partial charge in [0.25, 0.3) is 0 Å². The molecule has 1 heterocycles. The molecule has 3 nitrogen and oxygen atoms in total. The first kappa shape index (κ1) is 11.7. The zero-order chi connectivity index (χ0) is 12.3. The largest absolute Gasteiger partial charge is 0.379 e. The van der Waals surface area contributed by atoms with Crippen LogP contribution in [0.5, 0.6) is 0 Å². The van der Waals surface area contributed by atoms with Gasteiger partial charge in [0.15, 0.2) is 0 Å². The predicted molar refractivity (Wildman–Crippen MR) is 71.1 cm³/mol. The molecule has 2 aromatic rings. The Bertz CT molecular complexity index is 500. The minimum Gasteiger partial charge on any atom is -0.379 e. The van der Waals surface area contributed by atoms with Crippen LogP contribution in [0.4, 0.5) is 5.69 Å². The summed E-state index contributed by atoms with van der Waals surface area (Å²) in [5.74, 6) is 0. The molecule has 3 heteroatoms. The monoisotopic (exact) mass is 229 g/mol. The van der Waals surface area contributed by atoms with E-state index in [1.54, 1.807) is 0 Å². The zero-order valence-corrected chi connectivity index (χ0v) is 10.7. The summed E-state index contributed by atoms with van der Waals surface area (Å²) in [6.07, 6.45) is 2.91. The maximum absolute atomic E-state index is 4.15. The summed E-state index contributed by atoms with van der Waals surface area (Å²) in [7, 11) is 1.96. The summed E-state index contributed by atoms with van der Waals surface area (Å²) in [5.41, 5.74) is 5.11. The van der Waals surface area contributed by atoms with Gasteiger partial charge in [-0.3, -0.25) is 4.68 Å². The molecule has 0 saturated heterocycles. The second kappa shape index (κ2) is 5.04. The SMILES string of the molecule is CCc1ccc(NCc2ccnn2C)cc1C. The highest BCUT2D eigenvalue weighted by molar-refractivity contribution is 5.48. The number of aryl methyl sites for hydroxylation is 3. The highest BCUT2D eigenvalue weighted by atomic mass is 15.3. The van der Waals surface area contributed by atoms with Gasteiger partial charge in [-0.15, -0.1) is 0 Å². The number of rotatable bonds is 4. The van der Waals surface area contributed by atoms with Gasteiger partial charge < -0.3 is 5.32 Å². The summed E-state index contributed by atoms with van der Waals surface area (Å²) in [6.45, 7) is 5.15. The minimum atomic E-state index is 0.807. The molecular formula is C14H19N3. The Morgan fingerprint density at radius 2 is 2.12 bits per heavy atom. The molecule has 0 unspecified atom stereocenters. The fourth-order valence-electron chi connectivity index (χ4n) is 1.97.